The lowest BCUT2D eigenvalue weighted by molar-refractivity contribution is -0.139. The van der Waals surface area contributed by atoms with Gasteiger partial charge in [0, 0.05) is 57.0 Å². The van der Waals surface area contributed by atoms with Crippen LogP contribution in [0.1, 0.15) is 74.4 Å². The molecule has 1 aliphatic carbocycles. The van der Waals surface area contributed by atoms with Gasteiger partial charge >= 0.3 is 0 Å². The Hall–Kier alpha value is -2.22. The first-order valence-electron chi connectivity index (χ1n) is 12.4. The van der Waals surface area contributed by atoms with Gasteiger partial charge in [0.25, 0.3) is 5.56 Å². The summed E-state index contributed by atoms with van der Waals surface area (Å²) >= 11 is 0. The van der Waals surface area contributed by atoms with Crippen molar-refractivity contribution in [2.24, 2.45) is 11.8 Å². The molecule has 8 nitrogen and oxygen atoms in total. The van der Waals surface area contributed by atoms with Crippen LogP contribution < -0.4 is 5.56 Å². The third-order valence-corrected chi connectivity index (χ3v) is 7.87. The molecule has 174 valence electrons. The van der Waals surface area contributed by atoms with Crippen molar-refractivity contribution >= 4 is 11.8 Å². The lowest BCUT2D eigenvalue weighted by atomic mass is 9.93. The number of fused-ring (bicyclic) bond motifs is 1. The Morgan fingerprint density at radius 3 is 2.25 bits per heavy atom. The number of aromatic nitrogens is 2. The van der Waals surface area contributed by atoms with Crippen LogP contribution in [0.2, 0.25) is 0 Å². The summed E-state index contributed by atoms with van der Waals surface area (Å²) < 4.78 is 5.37. The SMILES string of the molecule is O=C(C1CCCC1)N1CCC(c2nc3c(c(=O)[nH]2)CN(C(=O)C2CCOCC2)CC3)CC1. The molecule has 2 saturated heterocycles. The van der Waals surface area contributed by atoms with E-state index in [1.807, 2.05) is 9.80 Å². The monoisotopic (exact) mass is 442 g/mol. The molecule has 32 heavy (non-hydrogen) atoms. The molecule has 1 aromatic heterocycles. The maximum atomic E-state index is 12.9. The second-order valence-corrected chi connectivity index (χ2v) is 9.85. The van der Waals surface area contributed by atoms with E-state index in [4.69, 9.17) is 9.72 Å². The van der Waals surface area contributed by atoms with Crippen molar-refractivity contribution < 1.29 is 14.3 Å². The molecule has 1 aromatic rings. The number of carbonyl (C=O) groups is 2. The fraction of sp³-hybridized carbons (Fsp3) is 0.750. The third-order valence-electron chi connectivity index (χ3n) is 7.87. The quantitative estimate of drug-likeness (QED) is 0.772. The summed E-state index contributed by atoms with van der Waals surface area (Å²) in [4.78, 5) is 50.2. The molecule has 0 aromatic carbocycles. The molecule has 0 bridgehead atoms. The Morgan fingerprint density at radius 1 is 0.875 bits per heavy atom. The highest BCUT2D eigenvalue weighted by Crippen LogP contribution is 2.31. The van der Waals surface area contributed by atoms with Crippen LogP contribution in [0.4, 0.5) is 0 Å². The van der Waals surface area contributed by atoms with Crippen LogP contribution >= 0.6 is 0 Å². The number of H-pyrrole nitrogens is 1. The molecular weight excluding hydrogens is 408 g/mol. The van der Waals surface area contributed by atoms with E-state index in [0.717, 1.165) is 63.1 Å². The Labute approximate surface area is 188 Å². The molecular formula is C24H34N4O4. The summed E-state index contributed by atoms with van der Waals surface area (Å²) in [6.07, 6.45) is 8.24. The maximum Gasteiger partial charge on any atom is 0.256 e. The summed E-state index contributed by atoms with van der Waals surface area (Å²) in [6.45, 7) is 3.73. The number of amides is 2. The normalized spacial score (nSPS) is 23.4. The Balaban J connectivity index is 1.22. The van der Waals surface area contributed by atoms with Gasteiger partial charge in [-0.15, -0.1) is 0 Å². The van der Waals surface area contributed by atoms with Gasteiger partial charge in [-0.3, -0.25) is 14.4 Å². The maximum absolute atomic E-state index is 12.9. The van der Waals surface area contributed by atoms with E-state index in [1.165, 1.54) is 12.8 Å². The number of aromatic amines is 1. The largest absolute Gasteiger partial charge is 0.381 e. The highest BCUT2D eigenvalue weighted by molar-refractivity contribution is 5.79. The van der Waals surface area contributed by atoms with Gasteiger partial charge < -0.3 is 19.5 Å². The summed E-state index contributed by atoms with van der Waals surface area (Å²) in [6, 6.07) is 0. The average Bonchev–Trinajstić information content (AvgIpc) is 3.39. The van der Waals surface area contributed by atoms with Crippen LogP contribution in [0.15, 0.2) is 4.79 Å². The molecule has 4 heterocycles. The number of carbonyl (C=O) groups excluding carboxylic acids is 2. The number of likely N-dealkylation sites (tertiary alicyclic amines) is 1. The average molecular weight is 443 g/mol. The minimum absolute atomic E-state index is 0.00809. The molecule has 0 radical (unpaired) electrons. The standard InChI is InChI=1S/C24H34N4O4/c29-22-19-15-28(24(31)18-8-13-32-14-9-18)12-7-20(19)25-21(26-22)16-5-10-27(11-6-16)23(30)17-3-1-2-4-17/h16-18H,1-15H2,(H,25,26,29). The van der Waals surface area contributed by atoms with Gasteiger partial charge in [-0.1, -0.05) is 12.8 Å². The molecule has 4 aliphatic rings. The number of hydrogen-bond donors (Lipinski definition) is 1. The zero-order valence-electron chi connectivity index (χ0n) is 18.8. The van der Waals surface area contributed by atoms with E-state index in [0.29, 0.717) is 44.2 Å². The third kappa shape index (κ3) is 4.34. The number of hydrogen-bond acceptors (Lipinski definition) is 5. The molecule has 3 fully saturated rings. The van der Waals surface area contributed by atoms with E-state index in [1.54, 1.807) is 0 Å². The minimum atomic E-state index is -0.112. The van der Waals surface area contributed by atoms with E-state index in [9.17, 15) is 14.4 Å². The lowest BCUT2D eigenvalue weighted by Crippen LogP contribution is -2.44. The van der Waals surface area contributed by atoms with Crippen molar-refractivity contribution in [3.8, 4) is 0 Å². The molecule has 1 N–H and O–H groups in total. The van der Waals surface area contributed by atoms with E-state index in [-0.39, 0.29) is 29.2 Å². The molecule has 0 spiro atoms. The van der Waals surface area contributed by atoms with Crippen LogP contribution in [-0.4, -0.2) is 64.4 Å². The molecule has 5 rings (SSSR count). The van der Waals surface area contributed by atoms with Crippen molar-refractivity contribution in [3.05, 3.63) is 27.4 Å². The van der Waals surface area contributed by atoms with E-state index in [2.05, 4.69) is 4.98 Å². The summed E-state index contributed by atoms with van der Waals surface area (Å²) in [7, 11) is 0. The Kier molecular flexibility index (Phi) is 6.31. The molecule has 0 atom stereocenters. The smallest absolute Gasteiger partial charge is 0.256 e. The molecule has 3 aliphatic heterocycles. The van der Waals surface area contributed by atoms with Gasteiger partial charge in [0.05, 0.1) is 17.8 Å². The highest BCUT2D eigenvalue weighted by Gasteiger charge is 2.33. The summed E-state index contributed by atoms with van der Waals surface area (Å²) in [5.41, 5.74) is 1.36. The van der Waals surface area contributed by atoms with Crippen molar-refractivity contribution in [2.45, 2.75) is 70.3 Å². The van der Waals surface area contributed by atoms with Crippen LogP contribution in [0.25, 0.3) is 0 Å². The van der Waals surface area contributed by atoms with Gasteiger partial charge in [-0.2, -0.15) is 0 Å². The number of nitrogens with zero attached hydrogens (tertiary/aromatic N) is 3. The van der Waals surface area contributed by atoms with Crippen LogP contribution in [0.5, 0.6) is 0 Å². The van der Waals surface area contributed by atoms with Gasteiger partial charge in [-0.05, 0) is 38.5 Å². The number of nitrogens with one attached hydrogen (secondary N) is 1. The molecule has 2 amide bonds. The summed E-state index contributed by atoms with van der Waals surface area (Å²) in [5.74, 6) is 1.63. The number of piperidine rings is 1. The second-order valence-electron chi connectivity index (χ2n) is 9.85. The predicted octanol–water partition coefficient (Wildman–Crippen LogP) is 1.98. The number of ether oxygens (including phenoxy) is 1. The van der Waals surface area contributed by atoms with Crippen molar-refractivity contribution in [3.63, 3.8) is 0 Å². The molecule has 8 heteroatoms. The van der Waals surface area contributed by atoms with Gasteiger partial charge in [-0.25, -0.2) is 4.98 Å². The van der Waals surface area contributed by atoms with Gasteiger partial charge in [0.15, 0.2) is 0 Å². The first-order chi connectivity index (χ1) is 15.6. The zero-order chi connectivity index (χ0) is 22.1. The number of rotatable bonds is 3. The molecule has 0 unspecified atom stereocenters. The van der Waals surface area contributed by atoms with Crippen molar-refractivity contribution in [1.82, 2.24) is 19.8 Å². The summed E-state index contributed by atoms with van der Waals surface area (Å²) in [5, 5.41) is 0. The first kappa shape index (κ1) is 21.6. The van der Waals surface area contributed by atoms with E-state index >= 15 is 0 Å². The second kappa shape index (κ2) is 9.33. The van der Waals surface area contributed by atoms with Crippen LogP contribution in [-0.2, 0) is 27.3 Å². The lowest BCUT2D eigenvalue weighted by Gasteiger charge is -2.34. The topological polar surface area (TPSA) is 95.6 Å². The van der Waals surface area contributed by atoms with Crippen LogP contribution in [0.3, 0.4) is 0 Å². The van der Waals surface area contributed by atoms with Gasteiger partial charge in [0.1, 0.15) is 5.82 Å². The Morgan fingerprint density at radius 2 is 1.53 bits per heavy atom. The predicted molar refractivity (Wildman–Crippen MR) is 118 cm³/mol. The fourth-order valence-corrected chi connectivity index (χ4v) is 5.83. The van der Waals surface area contributed by atoms with Crippen molar-refractivity contribution in [2.75, 3.05) is 32.8 Å². The zero-order valence-corrected chi connectivity index (χ0v) is 18.8. The van der Waals surface area contributed by atoms with E-state index < -0.39 is 0 Å². The van der Waals surface area contributed by atoms with Crippen molar-refractivity contribution in [1.29, 1.82) is 0 Å². The van der Waals surface area contributed by atoms with Crippen LogP contribution in [0, 0.1) is 11.8 Å². The first-order valence-corrected chi connectivity index (χ1v) is 12.4. The van der Waals surface area contributed by atoms with Gasteiger partial charge in [0.2, 0.25) is 11.8 Å². The fourth-order valence-electron chi connectivity index (χ4n) is 5.83. The molecule has 1 saturated carbocycles. The highest BCUT2D eigenvalue weighted by atomic mass is 16.5. The Bertz CT molecular complexity index is 909. The minimum Gasteiger partial charge on any atom is -0.381 e.